The number of carbonyl (C=O) groups excluding carboxylic acids is 1. The molecular formula is C15H13F4N3O2. The zero-order valence-corrected chi connectivity index (χ0v) is 12.5. The Balaban J connectivity index is 2.06. The molecule has 0 fully saturated rings. The summed E-state index contributed by atoms with van der Waals surface area (Å²) in [7, 11) is 1.51. The number of pyridine rings is 1. The number of anilines is 2. The zero-order chi connectivity index (χ0) is 17.7. The number of aromatic nitrogens is 1. The molecule has 0 bridgehead atoms. The van der Waals surface area contributed by atoms with Crippen LogP contribution in [0.1, 0.15) is 6.42 Å². The number of nitrogens with zero attached hydrogens (tertiary/aromatic N) is 1. The van der Waals surface area contributed by atoms with Crippen molar-refractivity contribution in [2.24, 2.45) is 0 Å². The van der Waals surface area contributed by atoms with E-state index in [2.05, 4.69) is 15.6 Å². The lowest BCUT2D eigenvalue weighted by Crippen LogP contribution is -2.20. The standard InChI is InChI=1S/C15H13F4N3O2/c1-20-10(23)6-7-24-9-4-2-8(3-5-9)21-13-11(16)14(18)22-15(19)12(13)17/h2-5H,6-7H2,1H3,(H,20,23)(H,21,22). The molecule has 9 heteroatoms. The first-order valence-electron chi connectivity index (χ1n) is 6.82. The molecule has 0 aliphatic carbocycles. The quantitative estimate of drug-likeness (QED) is 0.625. The monoisotopic (exact) mass is 343 g/mol. The van der Waals surface area contributed by atoms with E-state index in [9.17, 15) is 22.4 Å². The van der Waals surface area contributed by atoms with E-state index in [1.807, 2.05) is 0 Å². The molecule has 5 nitrogen and oxygen atoms in total. The first-order chi connectivity index (χ1) is 11.4. The summed E-state index contributed by atoms with van der Waals surface area (Å²) in [5.41, 5.74) is -0.801. The fourth-order valence-corrected chi connectivity index (χ4v) is 1.76. The number of halogens is 4. The fourth-order valence-electron chi connectivity index (χ4n) is 1.76. The van der Waals surface area contributed by atoms with Crippen molar-refractivity contribution < 1.29 is 27.1 Å². The SMILES string of the molecule is CNC(=O)CCOc1ccc(Nc2c(F)c(F)nc(F)c2F)cc1. The van der Waals surface area contributed by atoms with Crippen LogP contribution in [-0.2, 0) is 4.79 Å². The highest BCUT2D eigenvalue weighted by Gasteiger charge is 2.20. The Morgan fingerprint density at radius 1 is 1.08 bits per heavy atom. The number of amides is 1. The second-order valence-electron chi connectivity index (χ2n) is 4.62. The van der Waals surface area contributed by atoms with Crippen LogP contribution in [0.25, 0.3) is 0 Å². The summed E-state index contributed by atoms with van der Waals surface area (Å²) in [6.45, 7) is 0.149. The number of carbonyl (C=O) groups is 1. The average molecular weight is 343 g/mol. The van der Waals surface area contributed by atoms with Crippen LogP contribution in [0.5, 0.6) is 5.75 Å². The van der Waals surface area contributed by atoms with Crippen LogP contribution in [0, 0.1) is 23.5 Å². The largest absolute Gasteiger partial charge is 0.493 e. The number of nitrogens with one attached hydrogen (secondary N) is 2. The van der Waals surface area contributed by atoms with Gasteiger partial charge in [-0.1, -0.05) is 0 Å². The maximum atomic E-state index is 13.5. The maximum absolute atomic E-state index is 13.5. The molecule has 0 unspecified atom stereocenters. The summed E-state index contributed by atoms with van der Waals surface area (Å²) >= 11 is 0. The van der Waals surface area contributed by atoms with Crippen molar-refractivity contribution in [3.8, 4) is 5.75 Å². The minimum Gasteiger partial charge on any atom is -0.493 e. The number of benzene rings is 1. The summed E-state index contributed by atoms with van der Waals surface area (Å²) in [6.07, 6.45) is 0.169. The lowest BCUT2D eigenvalue weighted by molar-refractivity contribution is -0.121. The van der Waals surface area contributed by atoms with Gasteiger partial charge in [-0.2, -0.15) is 22.5 Å². The predicted octanol–water partition coefficient (Wildman–Crippen LogP) is 2.90. The molecule has 0 atom stereocenters. The van der Waals surface area contributed by atoms with Gasteiger partial charge in [0.15, 0.2) is 0 Å². The van der Waals surface area contributed by atoms with E-state index in [-0.39, 0.29) is 24.6 Å². The van der Waals surface area contributed by atoms with E-state index >= 15 is 0 Å². The lowest BCUT2D eigenvalue weighted by Gasteiger charge is -2.10. The molecule has 0 saturated heterocycles. The third kappa shape index (κ3) is 4.12. The second-order valence-corrected chi connectivity index (χ2v) is 4.62. The van der Waals surface area contributed by atoms with E-state index in [0.717, 1.165) is 0 Å². The third-order valence-corrected chi connectivity index (χ3v) is 3.00. The fraction of sp³-hybridized carbons (Fsp3) is 0.200. The molecule has 0 aliphatic rings. The van der Waals surface area contributed by atoms with Crippen LogP contribution in [0.3, 0.4) is 0 Å². The van der Waals surface area contributed by atoms with Gasteiger partial charge in [-0.05, 0) is 24.3 Å². The van der Waals surface area contributed by atoms with E-state index in [1.54, 1.807) is 0 Å². The summed E-state index contributed by atoms with van der Waals surface area (Å²) in [5, 5.41) is 4.68. The molecule has 2 aromatic rings. The molecule has 1 amide bonds. The smallest absolute Gasteiger partial charge is 0.253 e. The number of rotatable bonds is 6. The van der Waals surface area contributed by atoms with Gasteiger partial charge in [0.1, 0.15) is 11.4 Å². The van der Waals surface area contributed by atoms with Gasteiger partial charge in [0.25, 0.3) is 11.9 Å². The van der Waals surface area contributed by atoms with Gasteiger partial charge in [-0.25, -0.2) is 0 Å². The van der Waals surface area contributed by atoms with Crippen molar-refractivity contribution in [1.29, 1.82) is 0 Å². The summed E-state index contributed by atoms with van der Waals surface area (Å²) in [4.78, 5) is 13.5. The molecule has 128 valence electrons. The van der Waals surface area contributed by atoms with Gasteiger partial charge in [0, 0.05) is 12.7 Å². The first kappa shape index (κ1) is 17.5. The van der Waals surface area contributed by atoms with Crippen LogP contribution in [0.15, 0.2) is 24.3 Å². The van der Waals surface area contributed by atoms with Gasteiger partial charge >= 0.3 is 0 Å². The molecule has 24 heavy (non-hydrogen) atoms. The van der Waals surface area contributed by atoms with Crippen LogP contribution >= 0.6 is 0 Å². The van der Waals surface area contributed by atoms with Gasteiger partial charge < -0.3 is 15.4 Å². The normalized spacial score (nSPS) is 10.4. The minimum atomic E-state index is -1.74. The Bertz CT molecular complexity index is 712. The van der Waals surface area contributed by atoms with Crippen molar-refractivity contribution >= 4 is 17.3 Å². The molecule has 2 rings (SSSR count). The predicted molar refractivity (Wildman–Crippen MR) is 78.0 cm³/mol. The molecule has 0 saturated carbocycles. The van der Waals surface area contributed by atoms with E-state index in [1.165, 1.54) is 31.3 Å². The van der Waals surface area contributed by atoms with Crippen LogP contribution in [0.4, 0.5) is 28.9 Å². The van der Waals surface area contributed by atoms with Crippen molar-refractivity contribution in [1.82, 2.24) is 10.3 Å². The molecule has 0 aliphatic heterocycles. The van der Waals surface area contributed by atoms with Crippen molar-refractivity contribution in [2.45, 2.75) is 6.42 Å². The molecule has 0 radical (unpaired) electrons. The Kier molecular flexibility index (Phi) is 5.56. The molecular weight excluding hydrogens is 330 g/mol. The van der Waals surface area contributed by atoms with Crippen molar-refractivity contribution in [3.63, 3.8) is 0 Å². The van der Waals surface area contributed by atoms with Gasteiger partial charge in [0.05, 0.1) is 13.0 Å². The van der Waals surface area contributed by atoms with Crippen LogP contribution in [-0.4, -0.2) is 24.5 Å². The van der Waals surface area contributed by atoms with Crippen molar-refractivity contribution in [2.75, 3.05) is 19.0 Å². The lowest BCUT2D eigenvalue weighted by atomic mass is 10.2. The molecule has 2 N–H and O–H groups in total. The highest BCUT2D eigenvalue weighted by atomic mass is 19.2. The average Bonchev–Trinajstić information content (AvgIpc) is 2.58. The highest BCUT2D eigenvalue weighted by Crippen LogP contribution is 2.26. The van der Waals surface area contributed by atoms with Crippen molar-refractivity contribution in [3.05, 3.63) is 47.8 Å². The maximum Gasteiger partial charge on any atom is 0.253 e. The first-order valence-corrected chi connectivity index (χ1v) is 6.82. The molecule has 1 aromatic heterocycles. The third-order valence-electron chi connectivity index (χ3n) is 3.00. The summed E-state index contributed by atoms with van der Waals surface area (Å²) in [6, 6.07) is 5.72. The number of ether oxygens (including phenoxy) is 1. The Labute approximate surface area is 134 Å². The van der Waals surface area contributed by atoms with E-state index in [0.29, 0.717) is 5.75 Å². The highest BCUT2D eigenvalue weighted by molar-refractivity contribution is 5.75. The zero-order valence-electron chi connectivity index (χ0n) is 12.5. The van der Waals surface area contributed by atoms with E-state index in [4.69, 9.17) is 4.74 Å². The summed E-state index contributed by atoms with van der Waals surface area (Å²) in [5.74, 6) is -6.51. The second kappa shape index (κ2) is 7.62. The van der Waals surface area contributed by atoms with Gasteiger partial charge in [-0.3, -0.25) is 4.79 Å². The van der Waals surface area contributed by atoms with E-state index < -0.39 is 29.2 Å². The van der Waals surface area contributed by atoms with Crippen LogP contribution in [0.2, 0.25) is 0 Å². The molecule has 1 aromatic carbocycles. The van der Waals surface area contributed by atoms with Crippen LogP contribution < -0.4 is 15.4 Å². The Morgan fingerprint density at radius 3 is 2.21 bits per heavy atom. The minimum absolute atomic E-state index is 0.149. The van der Waals surface area contributed by atoms with Gasteiger partial charge in [0.2, 0.25) is 17.5 Å². The Hall–Kier alpha value is -2.84. The van der Waals surface area contributed by atoms with Gasteiger partial charge in [-0.15, -0.1) is 0 Å². The topological polar surface area (TPSA) is 63.2 Å². The number of hydrogen-bond donors (Lipinski definition) is 2. The molecule has 0 spiro atoms. The molecule has 1 heterocycles. The Morgan fingerprint density at radius 2 is 1.67 bits per heavy atom. The number of hydrogen-bond acceptors (Lipinski definition) is 4. The summed E-state index contributed by atoms with van der Waals surface area (Å²) < 4.78 is 58.4.